The molecule has 0 saturated heterocycles. The Hall–Kier alpha value is -4.02. The zero-order valence-corrected chi connectivity index (χ0v) is 25.1. The molecule has 10 heteroatoms. The van der Waals surface area contributed by atoms with Crippen molar-refractivity contribution in [1.29, 1.82) is 0 Å². The van der Waals surface area contributed by atoms with E-state index < -0.39 is 29.4 Å². The van der Waals surface area contributed by atoms with E-state index in [0.29, 0.717) is 24.4 Å². The molecular formula is C33H43FN4O5. The largest absolute Gasteiger partial charge is 0.497 e. The van der Waals surface area contributed by atoms with Crippen molar-refractivity contribution in [2.24, 2.45) is 16.9 Å². The van der Waals surface area contributed by atoms with Crippen LogP contribution in [0.3, 0.4) is 0 Å². The first-order chi connectivity index (χ1) is 20.5. The summed E-state index contributed by atoms with van der Waals surface area (Å²) in [5, 5.41) is 14.2. The molecule has 2 aromatic rings. The SMILES string of the molecule is CCCN(CCC)C(=O)C1=CC(C(N)=O)=CC(C[C@@H](O)[C@@H](N)Cc2ccc(F)cc2)(C(=O)NCc2cccc(OC)c2)C1. The highest BCUT2D eigenvalue weighted by atomic mass is 19.1. The fraction of sp³-hybridized carbons (Fsp3) is 0.424. The number of halogens is 1. The molecule has 3 rings (SSSR count). The number of nitrogens with two attached hydrogens (primary N) is 2. The van der Waals surface area contributed by atoms with Gasteiger partial charge >= 0.3 is 0 Å². The first-order valence-corrected chi connectivity index (χ1v) is 14.6. The van der Waals surface area contributed by atoms with Crippen molar-refractivity contribution in [2.75, 3.05) is 20.2 Å². The molecule has 3 amide bonds. The molecule has 0 fully saturated rings. The van der Waals surface area contributed by atoms with Crippen molar-refractivity contribution >= 4 is 17.7 Å². The van der Waals surface area contributed by atoms with Gasteiger partial charge in [0.25, 0.3) is 0 Å². The fourth-order valence-electron chi connectivity index (χ4n) is 5.37. The molecule has 0 spiro atoms. The number of hydrogen-bond donors (Lipinski definition) is 4. The summed E-state index contributed by atoms with van der Waals surface area (Å²) in [6.45, 7) is 5.10. The number of benzene rings is 2. The lowest BCUT2D eigenvalue weighted by Crippen LogP contribution is -2.48. The molecule has 2 aromatic carbocycles. The van der Waals surface area contributed by atoms with Gasteiger partial charge in [-0.25, -0.2) is 4.39 Å². The Morgan fingerprint density at radius 2 is 1.77 bits per heavy atom. The van der Waals surface area contributed by atoms with E-state index in [9.17, 15) is 23.9 Å². The summed E-state index contributed by atoms with van der Waals surface area (Å²) in [6.07, 6.45) is 3.14. The monoisotopic (exact) mass is 594 g/mol. The van der Waals surface area contributed by atoms with Crippen LogP contribution in [0, 0.1) is 11.2 Å². The van der Waals surface area contributed by atoms with Gasteiger partial charge in [-0.3, -0.25) is 14.4 Å². The molecule has 0 bridgehead atoms. The third-order valence-electron chi connectivity index (χ3n) is 7.59. The average molecular weight is 595 g/mol. The molecule has 9 nitrogen and oxygen atoms in total. The van der Waals surface area contributed by atoms with Gasteiger partial charge in [0.15, 0.2) is 0 Å². The van der Waals surface area contributed by atoms with E-state index in [1.165, 1.54) is 24.3 Å². The lowest BCUT2D eigenvalue weighted by Gasteiger charge is -2.37. The maximum Gasteiger partial charge on any atom is 0.249 e. The van der Waals surface area contributed by atoms with Crippen LogP contribution in [-0.4, -0.2) is 60.1 Å². The molecule has 43 heavy (non-hydrogen) atoms. The predicted molar refractivity (Wildman–Crippen MR) is 163 cm³/mol. The Morgan fingerprint density at radius 3 is 2.37 bits per heavy atom. The van der Waals surface area contributed by atoms with Gasteiger partial charge in [0.1, 0.15) is 11.6 Å². The minimum atomic E-state index is -1.51. The second-order valence-electron chi connectivity index (χ2n) is 11.1. The van der Waals surface area contributed by atoms with Crippen LogP contribution in [-0.2, 0) is 27.3 Å². The third kappa shape index (κ3) is 8.98. The molecule has 232 valence electrons. The lowest BCUT2D eigenvalue weighted by atomic mass is 9.70. The van der Waals surface area contributed by atoms with Gasteiger partial charge < -0.3 is 31.5 Å². The number of nitrogens with one attached hydrogen (secondary N) is 1. The van der Waals surface area contributed by atoms with Crippen LogP contribution in [0.1, 0.15) is 50.7 Å². The number of hydrogen-bond acceptors (Lipinski definition) is 6. The van der Waals surface area contributed by atoms with Crippen molar-refractivity contribution in [3.63, 3.8) is 0 Å². The zero-order chi connectivity index (χ0) is 31.6. The summed E-state index contributed by atoms with van der Waals surface area (Å²) >= 11 is 0. The molecule has 0 aliphatic heterocycles. The molecule has 0 radical (unpaired) electrons. The van der Waals surface area contributed by atoms with E-state index in [-0.39, 0.29) is 48.7 Å². The maximum atomic E-state index is 14.1. The molecule has 0 heterocycles. The van der Waals surface area contributed by atoms with Crippen molar-refractivity contribution in [1.82, 2.24) is 10.2 Å². The van der Waals surface area contributed by atoms with Gasteiger partial charge in [0.05, 0.1) is 18.6 Å². The number of methoxy groups -OCH3 is 1. The second kappa shape index (κ2) is 15.5. The highest BCUT2D eigenvalue weighted by molar-refractivity contribution is 6.03. The number of ether oxygens (including phenoxy) is 1. The minimum absolute atomic E-state index is 0.0124. The van der Waals surface area contributed by atoms with Crippen LogP contribution in [0.2, 0.25) is 0 Å². The van der Waals surface area contributed by atoms with E-state index in [1.54, 1.807) is 42.3 Å². The lowest BCUT2D eigenvalue weighted by molar-refractivity contribution is -0.131. The van der Waals surface area contributed by atoms with Crippen LogP contribution in [0.5, 0.6) is 5.75 Å². The first kappa shape index (κ1) is 33.5. The number of aliphatic hydroxyl groups excluding tert-OH is 1. The summed E-state index contributed by atoms with van der Waals surface area (Å²) in [4.78, 5) is 42.0. The molecule has 6 N–H and O–H groups in total. The van der Waals surface area contributed by atoms with Gasteiger partial charge in [-0.2, -0.15) is 0 Å². The number of rotatable bonds is 15. The van der Waals surface area contributed by atoms with Crippen LogP contribution >= 0.6 is 0 Å². The van der Waals surface area contributed by atoms with Crippen molar-refractivity contribution in [3.8, 4) is 5.75 Å². The summed E-state index contributed by atoms with van der Waals surface area (Å²) in [6, 6.07) is 12.2. The number of amides is 3. The van der Waals surface area contributed by atoms with Crippen LogP contribution < -0.4 is 21.5 Å². The van der Waals surface area contributed by atoms with E-state index in [1.807, 2.05) is 19.9 Å². The number of aliphatic hydroxyl groups is 1. The molecule has 0 aromatic heterocycles. The van der Waals surface area contributed by atoms with Gasteiger partial charge in [-0.05, 0) is 73.6 Å². The van der Waals surface area contributed by atoms with E-state index in [0.717, 1.165) is 18.4 Å². The van der Waals surface area contributed by atoms with Crippen LogP contribution in [0.4, 0.5) is 4.39 Å². The summed E-state index contributed by atoms with van der Waals surface area (Å²) in [5.74, 6) is -1.33. The molecule has 1 unspecified atom stereocenters. The zero-order valence-electron chi connectivity index (χ0n) is 25.1. The summed E-state index contributed by atoms with van der Waals surface area (Å²) < 4.78 is 18.7. The normalized spacial score (nSPS) is 17.7. The second-order valence-corrected chi connectivity index (χ2v) is 11.1. The summed E-state index contributed by atoms with van der Waals surface area (Å²) in [5.41, 5.74) is 12.3. The number of carbonyl (C=O) groups is 3. The number of carbonyl (C=O) groups excluding carboxylic acids is 3. The minimum Gasteiger partial charge on any atom is -0.497 e. The topological polar surface area (TPSA) is 148 Å². The van der Waals surface area contributed by atoms with Crippen molar-refractivity contribution in [2.45, 2.75) is 64.6 Å². The molecule has 1 aliphatic rings. The molecule has 1 aliphatic carbocycles. The van der Waals surface area contributed by atoms with Gasteiger partial charge in [-0.1, -0.05) is 44.2 Å². The molecular weight excluding hydrogens is 551 g/mol. The van der Waals surface area contributed by atoms with Crippen LogP contribution in [0.25, 0.3) is 0 Å². The number of primary amides is 1. The smallest absolute Gasteiger partial charge is 0.249 e. The Bertz CT molecular complexity index is 1340. The Balaban J connectivity index is 1.97. The molecule has 3 atom stereocenters. The standard InChI is InChI=1S/C33H43FN4O5/c1-4-13-38(14-5-2)31(41)25-17-24(30(36)40)18-33(19-25,32(42)37-21-23-7-6-8-27(15-23)43-3)20-29(39)28(35)16-22-9-11-26(34)12-10-22/h6-12,15,17-18,28-29,39H,4-5,13-14,16,19-21,35H2,1-3H3,(H2,36,40)(H,37,42)/t28-,29+,33?/m0/s1. The summed E-state index contributed by atoms with van der Waals surface area (Å²) in [7, 11) is 1.55. The van der Waals surface area contributed by atoms with E-state index >= 15 is 0 Å². The van der Waals surface area contributed by atoms with Gasteiger partial charge in [-0.15, -0.1) is 0 Å². The third-order valence-corrected chi connectivity index (χ3v) is 7.59. The van der Waals surface area contributed by atoms with Crippen molar-refractivity contribution < 1.29 is 28.6 Å². The Morgan fingerprint density at radius 1 is 1.09 bits per heavy atom. The molecule has 0 saturated carbocycles. The Kier molecular flexibility index (Phi) is 12.0. The quantitative estimate of drug-likeness (QED) is 0.249. The fourth-order valence-corrected chi connectivity index (χ4v) is 5.37. The first-order valence-electron chi connectivity index (χ1n) is 14.6. The maximum absolute atomic E-state index is 14.1. The van der Waals surface area contributed by atoms with Gasteiger partial charge in [0, 0.05) is 36.8 Å². The van der Waals surface area contributed by atoms with Crippen LogP contribution in [0.15, 0.2) is 71.8 Å². The average Bonchev–Trinajstić information content (AvgIpc) is 3.00. The Labute approximate surface area is 252 Å². The highest BCUT2D eigenvalue weighted by Gasteiger charge is 2.44. The highest BCUT2D eigenvalue weighted by Crippen LogP contribution is 2.40. The predicted octanol–water partition coefficient (Wildman–Crippen LogP) is 3.15. The van der Waals surface area contributed by atoms with Gasteiger partial charge in [0.2, 0.25) is 17.7 Å². The van der Waals surface area contributed by atoms with Crippen molar-refractivity contribution in [3.05, 3.63) is 88.8 Å². The number of nitrogens with zero attached hydrogens (tertiary/aromatic N) is 1. The van der Waals surface area contributed by atoms with E-state index in [2.05, 4.69) is 5.32 Å². The van der Waals surface area contributed by atoms with E-state index in [4.69, 9.17) is 16.2 Å².